The van der Waals surface area contributed by atoms with E-state index in [0.29, 0.717) is 13.2 Å². The van der Waals surface area contributed by atoms with Crippen LogP contribution in [-0.4, -0.2) is 64.1 Å². The van der Waals surface area contributed by atoms with Crippen molar-refractivity contribution >= 4 is 21.4 Å². The second-order valence-electron chi connectivity index (χ2n) is 4.94. The van der Waals surface area contributed by atoms with Crippen molar-refractivity contribution in [1.29, 1.82) is 0 Å². The number of aromatic nitrogens is 1. The van der Waals surface area contributed by atoms with Gasteiger partial charge in [-0.1, -0.05) is 13.8 Å². The Morgan fingerprint density at radius 1 is 1.26 bits per heavy atom. The molecule has 134 valence electrons. The van der Waals surface area contributed by atoms with Crippen molar-refractivity contribution < 1.29 is 17.9 Å². The summed E-state index contributed by atoms with van der Waals surface area (Å²) in [6.07, 6.45) is 0. The van der Waals surface area contributed by atoms with Gasteiger partial charge in [-0.05, 0) is 13.1 Å². The van der Waals surface area contributed by atoms with Gasteiger partial charge in [-0.3, -0.25) is 4.90 Å². The summed E-state index contributed by atoms with van der Waals surface area (Å²) in [5.74, 6) is -0.0611. The predicted molar refractivity (Wildman–Crippen MR) is 92.1 cm³/mol. The molecule has 1 rings (SSSR count). The van der Waals surface area contributed by atoms with Gasteiger partial charge in [0.25, 0.3) is 0 Å². The lowest BCUT2D eigenvalue weighted by molar-refractivity contribution is 0.0784. The van der Waals surface area contributed by atoms with E-state index in [1.807, 2.05) is 5.38 Å². The minimum absolute atomic E-state index is 0.0611. The summed E-state index contributed by atoms with van der Waals surface area (Å²) in [5, 5.41) is 2.76. The van der Waals surface area contributed by atoms with Crippen LogP contribution in [0.5, 0.6) is 0 Å². The van der Waals surface area contributed by atoms with Crippen LogP contribution in [0.4, 0.5) is 0 Å². The average Bonchev–Trinajstić information content (AvgIpc) is 2.98. The molecule has 23 heavy (non-hydrogen) atoms. The number of hydrogen-bond acceptors (Lipinski definition) is 7. The predicted octanol–water partition coefficient (Wildman–Crippen LogP) is 1.07. The quantitative estimate of drug-likeness (QED) is 0.527. The average molecular weight is 366 g/mol. The molecular weight excluding hydrogens is 338 g/mol. The fraction of sp³-hybridized carbons (Fsp3) is 0.786. The Labute approximate surface area is 143 Å². The van der Waals surface area contributed by atoms with Gasteiger partial charge < -0.3 is 9.47 Å². The van der Waals surface area contributed by atoms with Gasteiger partial charge in [0, 0.05) is 19.0 Å². The standard InChI is InChI=1S/C14H27N3O4S2/c1-4-17(5-2)11-13-12-22-14(16-13)10-15-23(18,19)9-8-21-7-6-20-3/h12,15H,4-11H2,1-3H3. The molecule has 0 amide bonds. The Morgan fingerprint density at radius 2 is 2.00 bits per heavy atom. The van der Waals surface area contributed by atoms with E-state index in [4.69, 9.17) is 9.47 Å². The van der Waals surface area contributed by atoms with Crippen molar-refractivity contribution in [2.45, 2.75) is 26.9 Å². The minimum Gasteiger partial charge on any atom is -0.382 e. The van der Waals surface area contributed by atoms with E-state index in [2.05, 4.69) is 28.5 Å². The summed E-state index contributed by atoms with van der Waals surface area (Å²) >= 11 is 1.48. The van der Waals surface area contributed by atoms with Gasteiger partial charge in [0.15, 0.2) is 0 Å². The number of hydrogen-bond donors (Lipinski definition) is 1. The molecule has 0 atom stereocenters. The maximum absolute atomic E-state index is 11.9. The highest BCUT2D eigenvalue weighted by Gasteiger charge is 2.12. The van der Waals surface area contributed by atoms with E-state index in [9.17, 15) is 8.42 Å². The van der Waals surface area contributed by atoms with Crippen LogP contribution in [0.3, 0.4) is 0 Å². The molecule has 0 radical (unpaired) electrons. The molecule has 9 heteroatoms. The second-order valence-corrected chi connectivity index (χ2v) is 7.81. The third-order valence-electron chi connectivity index (χ3n) is 3.25. The highest BCUT2D eigenvalue weighted by Crippen LogP contribution is 2.12. The van der Waals surface area contributed by atoms with E-state index >= 15 is 0 Å². The van der Waals surface area contributed by atoms with Gasteiger partial charge >= 0.3 is 0 Å². The molecule has 0 bridgehead atoms. The van der Waals surface area contributed by atoms with E-state index in [-0.39, 0.29) is 18.9 Å². The van der Waals surface area contributed by atoms with Crippen LogP contribution >= 0.6 is 11.3 Å². The smallest absolute Gasteiger partial charge is 0.214 e. The van der Waals surface area contributed by atoms with Crippen LogP contribution in [0.2, 0.25) is 0 Å². The molecule has 1 aromatic heterocycles. The van der Waals surface area contributed by atoms with Crippen LogP contribution in [0.25, 0.3) is 0 Å². The summed E-state index contributed by atoms with van der Waals surface area (Å²) in [7, 11) is -1.78. The van der Waals surface area contributed by atoms with Gasteiger partial charge in [-0.25, -0.2) is 18.1 Å². The summed E-state index contributed by atoms with van der Waals surface area (Å²) in [6, 6.07) is 0. The lowest BCUT2D eigenvalue weighted by Gasteiger charge is -2.15. The van der Waals surface area contributed by atoms with Crippen molar-refractivity contribution in [3.8, 4) is 0 Å². The molecule has 7 nitrogen and oxygen atoms in total. The minimum atomic E-state index is -3.35. The Kier molecular flexibility index (Phi) is 9.84. The summed E-state index contributed by atoms with van der Waals surface area (Å²) in [6.45, 7) is 8.20. The molecule has 0 aromatic carbocycles. The molecule has 0 aliphatic carbocycles. The van der Waals surface area contributed by atoms with Crippen LogP contribution in [-0.2, 0) is 32.6 Å². The molecule has 0 aliphatic rings. The normalized spacial score (nSPS) is 12.2. The van der Waals surface area contributed by atoms with E-state index < -0.39 is 10.0 Å². The topological polar surface area (TPSA) is 80.8 Å². The first-order chi connectivity index (χ1) is 11.0. The van der Waals surface area contributed by atoms with Gasteiger partial charge in [-0.15, -0.1) is 11.3 Å². The van der Waals surface area contributed by atoms with Gasteiger partial charge in [0.2, 0.25) is 10.0 Å². The van der Waals surface area contributed by atoms with Crippen LogP contribution in [0.1, 0.15) is 24.5 Å². The number of thiazole rings is 1. The van der Waals surface area contributed by atoms with Crippen LogP contribution < -0.4 is 4.72 Å². The lowest BCUT2D eigenvalue weighted by Crippen LogP contribution is -2.28. The zero-order valence-corrected chi connectivity index (χ0v) is 15.7. The summed E-state index contributed by atoms with van der Waals surface area (Å²) in [5.41, 5.74) is 0.982. The molecule has 1 heterocycles. The molecule has 0 fully saturated rings. The van der Waals surface area contributed by atoms with Crippen LogP contribution in [0.15, 0.2) is 5.38 Å². The highest BCUT2D eigenvalue weighted by atomic mass is 32.2. The van der Waals surface area contributed by atoms with Gasteiger partial charge in [0.05, 0.1) is 37.8 Å². The van der Waals surface area contributed by atoms with Crippen molar-refractivity contribution in [2.75, 3.05) is 45.8 Å². The summed E-state index contributed by atoms with van der Waals surface area (Å²) < 4.78 is 36.3. The van der Waals surface area contributed by atoms with Crippen molar-refractivity contribution in [3.05, 3.63) is 16.1 Å². The molecule has 0 spiro atoms. The van der Waals surface area contributed by atoms with Crippen LogP contribution in [0, 0.1) is 0 Å². The van der Waals surface area contributed by atoms with Gasteiger partial charge in [0.1, 0.15) is 5.01 Å². The molecule has 0 aliphatic heterocycles. The number of nitrogens with one attached hydrogen (secondary N) is 1. The number of nitrogens with zero attached hydrogens (tertiary/aromatic N) is 2. The lowest BCUT2D eigenvalue weighted by atomic mass is 10.4. The largest absolute Gasteiger partial charge is 0.382 e. The Morgan fingerprint density at radius 3 is 2.65 bits per heavy atom. The van der Waals surface area contributed by atoms with E-state index in [1.165, 1.54) is 11.3 Å². The molecule has 0 saturated carbocycles. The number of rotatable bonds is 13. The third kappa shape index (κ3) is 8.73. The number of sulfonamides is 1. The molecule has 1 aromatic rings. The van der Waals surface area contributed by atoms with Gasteiger partial charge in [-0.2, -0.15) is 0 Å². The Balaban J connectivity index is 2.35. The second kappa shape index (κ2) is 11.1. The Hall–Kier alpha value is -0.580. The first-order valence-electron chi connectivity index (χ1n) is 7.70. The number of ether oxygens (including phenoxy) is 2. The molecular formula is C14H27N3O4S2. The first-order valence-corrected chi connectivity index (χ1v) is 10.2. The molecule has 0 unspecified atom stereocenters. The zero-order valence-electron chi connectivity index (χ0n) is 14.1. The maximum atomic E-state index is 11.9. The third-order valence-corrected chi connectivity index (χ3v) is 5.44. The highest BCUT2D eigenvalue weighted by molar-refractivity contribution is 7.89. The first kappa shape index (κ1) is 20.5. The van der Waals surface area contributed by atoms with Crippen molar-refractivity contribution in [2.24, 2.45) is 0 Å². The maximum Gasteiger partial charge on any atom is 0.214 e. The van der Waals surface area contributed by atoms with Crippen molar-refractivity contribution in [1.82, 2.24) is 14.6 Å². The van der Waals surface area contributed by atoms with E-state index in [0.717, 1.165) is 30.3 Å². The number of methoxy groups -OCH3 is 1. The summed E-state index contributed by atoms with van der Waals surface area (Å²) in [4.78, 5) is 6.74. The monoisotopic (exact) mass is 365 g/mol. The van der Waals surface area contributed by atoms with E-state index in [1.54, 1.807) is 7.11 Å². The molecule has 1 N–H and O–H groups in total. The molecule has 0 saturated heterocycles. The fourth-order valence-electron chi connectivity index (χ4n) is 1.84. The SMILES string of the molecule is CCN(CC)Cc1csc(CNS(=O)(=O)CCOCCOC)n1. The fourth-order valence-corrected chi connectivity index (χ4v) is 3.49. The Bertz CT molecular complexity index is 530. The van der Waals surface area contributed by atoms with Crippen molar-refractivity contribution in [3.63, 3.8) is 0 Å². The zero-order chi connectivity index (χ0) is 17.1.